The Bertz CT molecular complexity index is 1570. The summed E-state index contributed by atoms with van der Waals surface area (Å²) in [7, 11) is -3.92. The third-order valence-corrected chi connectivity index (χ3v) is 6.53. The lowest BCUT2D eigenvalue weighted by Crippen LogP contribution is -2.15. The molecule has 3 aromatic carbocycles. The third-order valence-electron chi connectivity index (χ3n) is 5.56. The maximum absolute atomic E-state index is 11.9. The molecule has 0 unspecified atom stereocenters. The van der Waals surface area contributed by atoms with Crippen LogP contribution in [-0.2, 0) is 10.0 Å². The Kier molecular flexibility index (Phi) is 6.08. The molecule has 0 aliphatic heterocycles. The van der Waals surface area contributed by atoms with Gasteiger partial charge in [0.05, 0.1) is 10.6 Å². The van der Waals surface area contributed by atoms with Crippen LogP contribution in [0.5, 0.6) is 11.8 Å². The van der Waals surface area contributed by atoms with E-state index in [1.165, 1.54) is 16.7 Å². The minimum absolute atomic E-state index is 0.000501. The molecule has 0 aliphatic rings. The highest BCUT2D eigenvalue weighted by Gasteiger charge is 2.20. The standard InChI is InChI=1S/C25H23N5O4S/c1-15(17-5-4-6-18(13-17)24(26)29-27)21-14-23(31)30(25(21)32)19-11-9-16(10-12-19)20-7-2-3-8-22(20)35(28,33)34/h2-14,31-32H,1,27H2,(H2,26,29)(H2,28,33,34). The number of nitrogens with zero attached hydrogens (tertiary/aromatic N) is 2. The van der Waals surface area contributed by atoms with E-state index in [2.05, 4.69) is 11.7 Å². The first-order chi connectivity index (χ1) is 16.6. The van der Waals surface area contributed by atoms with Gasteiger partial charge in [-0.2, -0.15) is 5.10 Å². The van der Waals surface area contributed by atoms with Crippen LogP contribution >= 0.6 is 0 Å². The van der Waals surface area contributed by atoms with E-state index in [0.717, 1.165) is 0 Å². The van der Waals surface area contributed by atoms with Crippen LogP contribution in [0.2, 0.25) is 0 Å². The van der Waals surface area contributed by atoms with Crippen LogP contribution in [0.1, 0.15) is 16.7 Å². The number of aromatic nitrogens is 1. The fraction of sp³-hybridized carbons (Fsp3) is 0. The molecule has 0 saturated heterocycles. The molecule has 9 nitrogen and oxygen atoms in total. The molecule has 0 amide bonds. The molecule has 4 aromatic rings. The molecule has 0 fully saturated rings. The summed E-state index contributed by atoms with van der Waals surface area (Å²) in [5.74, 6) is 4.97. The fourth-order valence-electron chi connectivity index (χ4n) is 3.80. The second-order valence-electron chi connectivity index (χ2n) is 7.74. The lowest BCUT2D eigenvalue weighted by atomic mass is 9.99. The average molecular weight is 490 g/mol. The second-order valence-corrected chi connectivity index (χ2v) is 9.27. The molecule has 8 N–H and O–H groups in total. The summed E-state index contributed by atoms with van der Waals surface area (Å²) in [4.78, 5) is 0.000501. The monoisotopic (exact) mass is 489 g/mol. The van der Waals surface area contributed by atoms with Gasteiger partial charge in [0, 0.05) is 22.8 Å². The Balaban J connectivity index is 1.71. The lowest BCUT2D eigenvalue weighted by Gasteiger charge is -2.11. The zero-order chi connectivity index (χ0) is 25.3. The van der Waals surface area contributed by atoms with Crippen molar-refractivity contribution in [3.63, 3.8) is 0 Å². The summed E-state index contributed by atoms with van der Waals surface area (Å²) in [5, 5.41) is 30.4. The van der Waals surface area contributed by atoms with Gasteiger partial charge >= 0.3 is 0 Å². The Labute approximate surface area is 202 Å². The van der Waals surface area contributed by atoms with E-state index in [9.17, 15) is 18.6 Å². The molecule has 0 bridgehead atoms. The van der Waals surface area contributed by atoms with Crippen LogP contribution in [0, 0.1) is 0 Å². The fourth-order valence-corrected chi connectivity index (χ4v) is 4.56. The Hall–Kier alpha value is -4.54. The highest BCUT2D eigenvalue weighted by Crippen LogP contribution is 2.38. The summed E-state index contributed by atoms with van der Waals surface area (Å²) in [6.45, 7) is 4.05. The Morgan fingerprint density at radius 1 is 0.914 bits per heavy atom. The Morgan fingerprint density at radius 2 is 1.57 bits per heavy atom. The van der Waals surface area contributed by atoms with Gasteiger partial charge in [0.15, 0.2) is 5.88 Å². The van der Waals surface area contributed by atoms with Gasteiger partial charge in [-0.1, -0.05) is 55.1 Å². The van der Waals surface area contributed by atoms with E-state index < -0.39 is 10.0 Å². The number of hydrazone groups is 1. The summed E-state index contributed by atoms with van der Waals surface area (Å²) in [6, 6.07) is 21.4. The van der Waals surface area contributed by atoms with Crippen LogP contribution in [0.25, 0.3) is 22.4 Å². The molecule has 4 rings (SSSR count). The summed E-state index contributed by atoms with van der Waals surface area (Å²) >= 11 is 0. The maximum Gasteiger partial charge on any atom is 0.238 e. The third kappa shape index (κ3) is 4.47. The number of sulfonamides is 1. The largest absolute Gasteiger partial charge is 0.494 e. The van der Waals surface area contributed by atoms with Gasteiger partial charge in [0.1, 0.15) is 5.84 Å². The number of hydrogen-bond acceptors (Lipinski definition) is 6. The van der Waals surface area contributed by atoms with Crippen molar-refractivity contribution in [3.05, 3.63) is 102 Å². The van der Waals surface area contributed by atoms with Gasteiger partial charge in [-0.3, -0.25) is 4.57 Å². The number of nitrogens with two attached hydrogens (primary N) is 3. The van der Waals surface area contributed by atoms with E-state index in [0.29, 0.717) is 39.1 Å². The lowest BCUT2D eigenvalue weighted by molar-refractivity contribution is 0.402. The summed E-state index contributed by atoms with van der Waals surface area (Å²) < 4.78 is 25.1. The van der Waals surface area contributed by atoms with Crippen molar-refractivity contribution >= 4 is 21.4 Å². The van der Waals surface area contributed by atoms with Crippen molar-refractivity contribution in [1.29, 1.82) is 0 Å². The zero-order valence-corrected chi connectivity index (χ0v) is 19.3. The van der Waals surface area contributed by atoms with E-state index >= 15 is 0 Å². The van der Waals surface area contributed by atoms with Crippen molar-refractivity contribution in [1.82, 2.24) is 4.57 Å². The maximum atomic E-state index is 11.9. The number of rotatable bonds is 6. The van der Waals surface area contributed by atoms with Crippen molar-refractivity contribution < 1.29 is 18.6 Å². The predicted octanol–water partition coefficient (Wildman–Crippen LogP) is 2.84. The minimum Gasteiger partial charge on any atom is -0.494 e. The smallest absolute Gasteiger partial charge is 0.238 e. The SMILES string of the molecule is C=C(c1cccc(/C(N)=N/N)c1)c1cc(O)n(-c2ccc(-c3ccccc3S(N)(=O)=O)cc2)c1O. The van der Waals surface area contributed by atoms with Gasteiger partial charge in [-0.25, -0.2) is 13.6 Å². The topological polar surface area (TPSA) is 170 Å². The van der Waals surface area contributed by atoms with Crippen molar-refractivity contribution in [2.24, 2.45) is 21.8 Å². The molecule has 0 aliphatic carbocycles. The van der Waals surface area contributed by atoms with Crippen LogP contribution in [0.15, 0.2) is 95.4 Å². The quantitative estimate of drug-likeness (QED) is 0.121. The van der Waals surface area contributed by atoms with Crippen LogP contribution < -0.4 is 16.7 Å². The van der Waals surface area contributed by atoms with E-state index in [1.54, 1.807) is 66.7 Å². The van der Waals surface area contributed by atoms with Gasteiger partial charge < -0.3 is 21.8 Å². The number of primary sulfonamides is 1. The van der Waals surface area contributed by atoms with Gasteiger partial charge in [0.2, 0.25) is 15.9 Å². The number of benzene rings is 3. The van der Waals surface area contributed by atoms with Gasteiger partial charge in [-0.05, 0) is 41.0 Å². The molecule has 0 atom stereocenters. The first-order valence-electron chi connectivity index (χ1n) is 10.3. The van der Waals surface area contributed by atoms with Crippen LogP contribution in [-0.4, -0.2) is 29.0 Å². The molecule has 0 saturated carbocycles. The summed E-state index contributed by atoms with van der Waals surface area (Å²) in [5.41, 5.74) is 9.27. The van der Waals surface area contributed by atoms with Crippen molar-refractivity contribution in [2.75, 3.05) is 0 Å². The van der Waals surface area contributed by atoms with Crippen LogP contribution in [0.4, 0.5) is 0 Å². The molecule has 1 aromatic heterocycles. The molecule has 35 heavy (non-hydrogen) atoms. The Morgan fingerprint density at radius 3 is 2.23 bits per heavy atom. The normalized spacial score (nSPS) is 12.0. The van der Waals surface area contributed by atoms with Crippen LogP contribution in [0.3, 0.4) is 0 Å². The van der Waals surface area contributed by atoms with E-state index in [-0.39, 0.29) is 22.5 Å². The molecular weight excluding hydrogens is 466 g/mol. The van der Waals surface area contributed by atoms with Crippen molar-refractivity contribution in [2.45, 2.75) is 4.90 Å². The molecule has 0 spiro atoms. The molecule has 1 heterocycles. The first-order valence-corrected chi connectivity index (χ1v) is 11.9. The minimum atomic E-state index is -3.92. The second kappa shape index (κ2) is 9.01. The van der Waals surface area contributed by atoms with E-state index in [4.69, 9.17) is 16.7 Å². The average Bonchev–Trinajstić information content (AvgIpc) is 3.16. The highest BCUT2D eigenvalue weighted by molar-refractivity contribution is 7.89. The number of amidine groups is 1. The number of hydrogen-bond donors (Lipinski definition) is 5. The van der Waals surface area contributed by atoms with Gasteiger partial charge in [-0.15, -0.1) is 0 Å². The highest BCUT2D eigenvalue weighted by atomic mass is 32.2. The first kappa shape index (κ1) is 23.6. The predicted molar refractivity (Wildman–Crippen MR) is 135 cm³/mol. The molecule has 10 heteroatoms. The summed E-state index contributed by atoms with van der Waals surface area (Å²) in [6.07, 6.45) is 0. The van der Waals surface area contributed by atoms with Gasteiger partial charge in [0.25, 0.3) is 0 Å². The molecular formula is C25H23N5O4S. The zero-order valence-electron chi connectivity index (χ0n) is 18.5. The molecule has 178 valence electrons. The molecule has 0 radical (unpaired) electrons. The van der Waals surface area contributed by atoms with E-state index in [1.807, 2.05) is 0 Å². The number of aromatic hydroxyl groups is 2. The van der Waals surface area contributed by atoms with Crippen molar-refractivity contribution in [3.8, 4) is 28.6 Å².